The molecule has 5 nitrogen and oxygen atoms in total. The number of carbonyl (C=O) groups is 1. The maximum absolute atomic E-state index is 12.8. The standard InChI is InChI=1S/C15H15ClFN3O2/c16-10-14(22-13-8-6-11(17)7-9-13)18-15(21)20-19-12-4-2-1-3-5-12/h1-9,14,19H,10H2,(H2,18,20,21). The molecule has 0 radical (unpaired) electrons. The van der Waals surface area contributed by atoms with Crippen LogP contribution in [0.4, 0.5) is 14.9 Å². The van der Waals surface area contributed by atoms with E-state index in [0.29, 0.717) is 5.75 Å². The number of carbonyl (C=O) groups excluding carboxylic acids is 1. The fourth-order valence-electron chi connectivity index (χ4n) is 1.61. The molecule has 0 heterocycles. The summed E-state index contributed by atoms with van der Waals surface area (Å²) < 4.78 is 18.3. The van der Waals surface area contributed by atoms with Crippen LogP contribution < -0.4 is 20.9 Å². The normalized spacial score (nSPS) is 11.4. The summed E-state index contributed by atoms with van der Waals surface area (Å²) >= 11 is 5.75. The predicted molar refractivity (Wildman–Crippen MR) is 83.3 cm³/mol. The Balaban J connectivity index is 1.81. The average Bonchev–Trinajstić information content (AvgIpc) is 2.55. The monoisotopic (exact) mass is 323 g/mol. The highest BCUT2D eigenvalue weighted by molar-refractivity contribution is 6.18. The van der Waals surface area contributed by atoms with Crippen LogP contribution in [0.15, 0.2) is 54.6 Å². The van der Waals surface area contributed by atoms with Gasteiger partial charge in [0.1, 0.15) is 11.6 Å². The third-order valence-electron chi connectivity index (χ3n) is 2.62. The van der Waals surface area contributed by atoms with Gasteiger partial charge in [0, 0.05) is 0 Å². The minimum absolute atomic E-state index is 0.0378. The Kier molecular flexibility index (Phi) is 5.85. The number of benzene rings is 2. The Hall–Kier alpha value is -2.47. The molecule has 0 fully saturated rings. The van der Waals surface area contributed by atoms with Crippen molar-refractivity contribution in [3.8, 4) is 5.75 Å². The molecule has 0 aliphatic heterocycles. The van der Waals surface area contributed by atoms with E-state index >= 15 is 0 Å². The van der Waals surface area contributed by atoms with Crippen LogP contribution in [0, 0.1) is 5.82 Å². The molecule has 22 heavy (non-hydrogen) atoms. The molecule has 1 unspecified atom stereocenters. The maximum atomic E-state index is 12.8. The van der Waals surface area contributed by atoms with Crippen molar-refractivity contribution in [1.82, 2.24) is 10.7 Å². The summed E-state index contributed by atoms with van der Waals surface area (Å²) in [6.45, 7) is 0. The van der Waals surface area contributed by atoms with E-state index in [1.165, 1.54) is 24.3 Å². The molecule has 2 rings (SSSR count). The molecule has 0 aromatic heterocycles. The number of anilines is 1. The first-order valence-corrected chi connectivity index (χ1v) is 7.06. The van der Waals surface area contributed by atoms with E-state index in [4.69, 9.17) is 16.3 Å². The van der Waals surface area contributed by atoms with Crippen molar-refractivity contribution < 1.29 is 13.9 Å². The van der Waals surface area contributed by atoms with Gasteiger partial charge in [0.15, 0.2) is 6.23 Å². The molecule has 1 atom stereocenters. The lowest BCUT2D eigenvalue weighted by molar-refractivity contribution is 0.180. The zero-order chi connectivity index (χ0) is 15.8. The van der Waals surface area contributed by atoms with Crippen molar-refractivity contribution in [3.63, 3.8) is 0 Å². The van der Waals surface area contributed by atoms with Gasteiger partial charge in [0.2, 0.25) is 0 Å². The van der Waals surface area contributed by atoms with Gasteiger partial charge >= 0.3 is 6.03 Å². The van der Waals surface area contributed by atoms with Gasteiger partial charge in [-0.2, -0.15) is 0 Å². The van der Waals surface area contributed by atoms with Gasteiger partial charge < -0.3 is 10.1 Å². The molecule has 0 spiro atoms. The highest BCUT2D eigenvalue weighted by atomic mass is 35.5. The number of hydrogen-bond acceptors (Lipinski definition) is 3. The number of hydrazine groups is 1. The van der Waals surface area contributed by atoms with E-state index in [1.54, 1.807) is 12.1 Å². The van der Waals surface area contributed by atoms with E-state index in [0.717, 1.165) is 5.69 Å². The second-order valence-electron chi connectivity index (χ2n) is 4.30. The number of para-hydroxylation sites is 1. The highest BCUT2D eigenvalue weighted by Crippen LogP contribution is 2.12. The summed E-state index contributed by atoms with van der Waals surface area (Å²) in [5.41, 5.74) is 5.93. The lowest BCUT2D eigenvalue weighted by Gasteiger charge is -2.19. The molecule has 0 bridgehead atoms. The topological polar surface area (TPSA) is 62.4 Å². The fraction of sp³-hybridized carbons (Fsp3) is 0.133. The Bertz CT molecular complexity index is 595. The zero-order valence-electron chi connectivity index (χ0n) is 11.6. The lowest BCUT2D eigenvalue weighted by atomic mass is 10.3. The van der Waals surface area contributed by atoms with Gasteiger partial charge in [0.25, 0.3) is 0 Å². The maximum Gasteiger partial charge on any atom is 0.336 e. The molecule has 116 valence electrons. The van der Waals surface area contributed by atoms with Gasteiger partial charge in [-0.15, -0.1) is 11.6 Å². The number of amides is 2. The van der Waals surface area contributed by atoms with Gasteiger partial charge in [-0.05, 0) is 36.4 Å². The summed E-state index contributed by atoms with van der Waals surface area (Å²) in [5.74, 6) is 0.0757. The van der Waals surface area contributed by atoms with E-state index in [-0.39, 0.29) is 11.7 Å². The molecule has 2 amide bonds. The van der Waals surface area contributed by atoms with Crippen molar-refractivity contribution in [3.05, 3.63) is 60.4 Å². The van der Waals surface area contributed by atoms with Crippen molar-refractivity contribution >= 4 is 23.3 Å². The SMILES string of the molecule is O=C(NNc1ccccc1)NC(CCl)Oc1ccc(F)cc1. The van der Waals surface area contributed by atoms with Crippen molar-refractivity contribution in [2.75, 3.05) is 11.3 Å². The molecular weight excluding hydrogens is 309 g/mol. The summed E-state index contributed by atoms with van der Waals surface area (Å²) in [5, 5.41) is 2.54. The van der Waals surface area contributed by atoms with Crippen molar-refractivity contribution in [1.29, 1.82) is 0 Å². The largest absolute Gasteiger partial charge is 0.469 e. The first-order chi connectivity index (χ1) is 10.7. The molecule has 0 aliphatic rings. The molecule has 0 saturated carbocycles. The van der Waals surface area contributed by atoms with Gasteiger partial charge in [-0.1, -0.05) is 18.2 Å². The number of alkyl halides is 1. The van der Waals surface area contributed by atoms with Gasteiger partial charge in [0.05, 0.1) is 11.6 Å². The summed E-state index contributed by atoms with van der Waals surface area (Å²) in [4.78, 5) is 11.7. The van der Waals surface area contributed by atoms with Gasteiger partial charge in [-0.25, -0.2) is 9.18 Å². The first kappa shape index (κ1) is 15.9. The molecule has 7 heteroatoms. The molecule has 0 aliphatic carbocycles. The fourth-order valence-corrected chi connectivity index (χ4v) is 1.75. The summed E-state index contributed by atoms with van der Waals surface area (Å²) in [6.07, 6.45) is -0.746. The molecule has 3 N–H and O–H groups in total. The molecule has 0 saturated heterocycles. The molecular formula is C15H15ClFN3O2. The lowest BCUT2D eigenvalue weighted by Crippen LogP contribution is -2.47. The summed E-state index contributed by atoms with van der Waals surface area (Å²) in [7, 11) is 0. The Labute approximate surface area is 132 Å². The summed E-state index contributed by atoms with van der Waals surface area (Å²) in [6, 6.07) is 14.1. The Morgan fingerprint density at radius 1 is 1.14 bits per heavy atom. The highest BCUT2D eigenvalue weighted by Gasteiger charge is 2.12. The Morgan fingerprint density at radius 2 is 1.82 bits per heavy atom. The average molecular weight is 324 g/mol. The van der Waals surface area contributed by atoms with Crippen LogP contribution in [-0.4, -0.2) is 18.1 Å². The number of urea groups is 1. The van der Waals surface area contributed by atoms with E-state index in [2.05, 4.69) is 16.2 Å². The van der Waals surface area contributed by atoms with Crippen molar-refractivity contribution in [2.24, 2.45) is 0 Å². The smallest absolute Gasteiger partial charge is 0.336 e. The predicted octanol–water partition coefficient (Wildman–Crippen LogP) is 3.10. The van der Waals surface area contributed by atoms with Crippen LogP contribution in [0.5, 0.6) is 5.75 Å². The zero-order valence-corrected chi connectivity index (χ0v) is 12.3. The van der Waals surface area contributed by atoms with Gasteiger partial charge in [-0.3, -0.25) is 10.9 Å². The third kappa shape index (κ3) is 5.14. The third-order valence-corrected chi connectivity index (χ3v) is 2.90. The van der Waals surface area contributed by atoms with Crippen LogP contribution in [0.1, 0.15) is 0 Å². The van der Waals surface area contributed by atoms with Crippen LogP contribution in [-0.2, 0) is 0 Å². The Morgan fingerprint density at radius 3 is 2.45 bits per heavy atom. The second kappa shape index (κ2) is 8.09. The van der Waals surface area contributed by atoms with E-state index in [1.807, 2.05) is 18.2 Å². The second-order valence-corrected chi connectivity index (χ2v) is 4.61. The number of hydrogen-bond donors (Lipinski definition) is 3. The van der Waals surface area contributed by atoms with Crippen LogP contribution in [0.25, 0.3) is 0 Å². The molecule has 2 aromatic rings. The van der Waals surface area contributed by atoms with Crippen LogP contribution in [0.3, 0.4) is 0 Å². The first-order valence-electron chi connectivity index (χ1n) is 6.53. The quantitative estimate of drug-likeness (QED) is 0.435. The number of rotatable bonds is 6. The van der Waals surface area contributed by atoms with Crippen LogP contribution >= 0.6 is 11.6 Å². The number of nitrogens with one attached hydrogen (secondary N) is 3. The van der Waals surface area contributed by atoms with Crippen LogP contribution in [0.2, 0.25) is 0 Å². The minimum Gasteiger partial charge on any atom is -0.469 e. The van der Waals surface area contributed by atoms with Crippen molar-refractivity contribution in [2.45, 2.75) is 6.23 Å². The number of ether oxygens (including phenoxy) is 1. The number of halogens is 2. The molecule has 2 aromatic carbocycles. The van der Waals surface area contributed by atoms with E-state index < -0.39 is 12.3 Å². The minimum atomic E-state index is -0.746. The van der Waals surface area contributed by atoms with E-state index in [9.17, 15) is 9.18 Å².